The molecule has 114 valence electrons. The van der Waals surface area contributed by atoms with Gasteiger partial charge in [-0.3, -0.25) is 4.90 Å². The molecule has 3 rings (SSSR count). The smallest absolute Gasteiger partial charge is 0.112 e. The van der Waals surface area contributed by atoms with Crippen molar-refractivity contribution in [2.45, 2.75) is 26.3 Å². The van der Waals surface area contributed by atoms with Crippen LogP contribution < -0.4 is 5.73 Å². The predicted octanol–water partition coefficient (Wildman–Crippen LogP) is 2.07. The maximum absolute atomic E-state index is 6.07. The number of anilines is 1. The van der Waals surface area contributed by atoms with Gasteiger partial charge in [-0.05, 0) is 12.1 Å². The van der Waals surface area contributed by atoms with Crippen LogP contribution in [0.5, 0.6) is 0 Å². The van der Waals surface area contributed by atoms with Gasteiger partial charge < -0.3 is 15.0 Å². The van der Waals surface area contributed by atoms with E-state index in [9.17, 15) is 0 Å². The molecular formula is C16H24N4O. The highest BCUT2D eigenvalue weighted by Crippen LogP contribution is 2.25. The van der Waals surface area contributed by atoms with Gasteiger partial charge in [-0.1, -0.05) is 19.9 Å². The van der Waals surface area contributed by atoms with Gasteiger partial charge >= 0.3 is 0 Å². The van der Waals surface area contributed by atoms with E-state index in [0.717, 1.165) is 61.9 Å². The first-order valence-corrected chi connectivity index (χ1v) is 7.71. The molecule has 1 aliphatic rings. The zero-order chi connectivity index (χ0) is 14.8. The second kappa shape index (κ2) is 6.03. The first-order chi connectivity index (χ1) is 10.2. The number of hydrogen-bond donors (Lipinski definition) is 1. The maximum Gasteiger partial charge on any atom is 0.112 e. The molecule has 1 saturated heterocycles. The van der Waals surface area contributed by atoms with E-state index in [1.165, 1.54) is 0 Å². The van der Waals surface area contributed by atoms with Crippen molar-refractivity contribution in [1.29, 1.82) is 0 Å². The highest BCUT2D eigenvalue weighted by Gasteiger charge is 2.16. The average Bonchev–Trinajstić information content (AvgIpc) is 2.87. The van der Waals surface area contributed by atoms with Crippen LogP contribution in [0.15, 0.2) is 18.2 Å². The van der Waals surface area contributed by atoms with Crippen LogP contribution in [0.1, 0.15) is 25.6 Å². The van der Waals surface area contributed by atoms with Crippen molar-refractivity contribution >= 4 is 16.7 Å². The Hall–Kier alpha value is -1.59. The second-order valence-corrected chi connectivity index (χ2v) is 5.95. The summed E-state index contributed by atoms with van der Waals surface area (Å²) < 4.78 is 7.73. The summed E-state index contributed by atoms with van der Waals surface area (Å²) in [6.45, 7) is 10.1. The number of para-hydroxylation sites is 1. The Morgan fingerprint density at radius 2 is 2.00 bits per heavy atom. The molecule has 0 radical (unpaired) electrons. The lowest BCUT2D eigenvalue weighted by molar-refractivity contribution is 0.0364. The van der Waals surface area contributed by atoms with Crippen molar-refractivity contribution in [3.8, 4) is 0 Å². The van der Waals surface area contributed by atoms with Gasteiger partial charge in [0, 0.05) is 32.1 Å². The zero-order valence-corrected chi connectivity index (χ0v) is 12.9. The van der Waals surface area contributed by atoms with Gasteiger partial charge in [0.2, 0.25) is 0 Å². The van der Waals surface area contributed by atoms with Gasteiger partial charge in [-0.2, -0.15) is 0 Å². The van der Waals surface area contributed by atoms with Crippen LogP contribution in [0.25, 0.3) is 11.0 Å². The Balaban J connectivity index is 1.88. The lowest BCUT2D eigenvalue weighted by atomic mass is 10.2. The van der Waals surface area contributed by atoms with Crippen molar-refractivity contribution in [1.82, 2.24) is 14.5 Å². The minimum absolute atomic E-state index is 0.390. The summed E-state index contributed by atoms with van der Waals surface area (Å²) in [6.07, 6.45) is 0. The molecule has 1 aromatic heterocycles. The summed E-state index contributed by atoms with van der Waals surface area (Å²) in [5.74, 6) is 1.51. The summed E-state index contributed by atoms with van der Waals surface area (Å²) in [7, 11) is 0. The Kier molecular flexibility index (Phi) is 4.12. The molecule has 5 nitrogen and oxygen atoms in total. The molecule has 5 heteroatoms. The van der Waals surface area contributed by atoms with E-state index in [4.69, 9.17) is 15.5 Å². The Morgan fingerprint density at radius 3 is 2.71 bits per heavy atom. The van der Waals surface area contributed by atoms with Gasteiger partial charge in [-0.25, -0.2) is 4.98 Å². The van der Waals surface area contributed by atoms with Crippen molar-refractivity contribution in [2.75, 3.05) is 38.6 Å². The number of nitrogens with two attached hydrogens (primary N) is 1. The topological polar surface area (TPSA) is 56.3 Å². The fraction of sp³-hybridized carbons (Fsp3) is 0.562. The first kappa shape index (κ1) is 14.4. The van der Waals surface area contributed by atoms with Crippen molar-refractivity contribution in [3.63, 3.8) is 0 Å². The maximum atomic E-state index is 6.07. The predicted molar refractivity (Wildman–Crippen MR) is 85.5 cm³/mol. The number of rotatable bonds is 4. The Morgan fingerprint density at radius 1 is 1.24 bits per heavy atom. The molecule has 2 heterocycles. The minimum Gasteiger partial charge on any atom is -0.397 e. The van der Waals surface area contributed by atoms with E-state index in [0.29, 0.717) is 5.92 Å². The lowest BCUT2D eigenvalue weighted by Gasteiger charge is -2.27. The molecule has 0 atom stereocenters. The summed E-state index contributed by atoms with van der Waals surface area (Å²) in [6, 6.07) is 6.05. The molecule has 2 aromatic rings. The summed E-state index contributed by atoms with van der Waals surface area (Å²) in [5, 5.41) is 0. The fourth-order valence-corrected chi connectivity index (χ4v) is 2.93. The molecule has 1 aromatic carbocycles. The largest absolute Gasteiger partial charge is 0.397 e. The molecule has 1 fully saturated rings. The molecule has 21 heavy (non-hydrogen) atoms. The monoisotopic (exact) mass is 288 g/mol. The number of aromatic nitrogens is 2. The number of benzene rings is 1. The molecule has 0 spiro atoms. The molecular weight excluding hydrogens is 264 g/mol. The van der Waals surface area contributed by atoms with E-state index in [1.807, 2.05) is 12.1 Å². The number of morpholine rings is 1. The van der Waals surface area contributed by atoms with Crippen molar-refractivity contribution in [2.24, 2.45) is 0 Å². The number of hydrogen-bond acceptors (Lipinski definition) is 4. The van der Waals surface area contributed by atoms with Gasteiger partial charge in [0.1, 0.15) is 11.3 Å². The minimum atomic E-state index is 0.390. The van der Waals surface area contributed by atoms with Gasteiger partial charge in [0.05, 0.1) is 24.4 Å². The molecule has 2 N–H and O–H groups in total. The normalized spacial score (nSPS) is 16.9. The van der Waals surface area contributed by atoms with Crippen molar-refractivity contribution < 1.29 is 4.74 Å². The lowest BCUT2D eigenvalue weighted by Crippen LogP contribution is -2.38. The third-order valence-electron chi connectivity index (χ3n) is 4.10. The van der Waals surface area contributed by atoms with E-state index < -0.39 is 0 Å². The number of fused-ring (bicyclic) bond motifs is 1. The van der Waals surface area contributed by atoms with Crippen molar-refractivity contribution in [3.05, 3.63) is 24.0 Å². The van der Waals surface area contributed by atoms with Gasteiger partial charge in [0.25, 0.3) is 0 Å². The van der Waals surface area contributed by atoms with Gasteiger partial charge in [-0.15, -0.1) is 0 Å². The van der Waals surface area contributed by atoms with E-state index >= 15 is 0 Å². The van der Waals surface area contributed by atoms with Crippen LogP contribution in [-0.2, 0) is 11.3 Å². The van der Waals surface area contributed by atoms with Gasteiger partial charge in [0.15, 0.2) is 0 Å². The molecule has 0 saturated carbocycles. The Labute approximate surface area is 125 Å². The average molecular weight is 288 g/mol. The summed E-state index contributed by atoms with van der Waals surface area (Å²) in [5.41, 5.74) is 8.92. The fourth-order valence-electron chi connectivity index (χ4n) is 2.93. The van der Waals surface area contributed by atoms with Crippen LogP contribution >= 0.6 is 0 Å². The standard InChI is InChI=1S/C16H24N4O/c1-12(2)16-18-15-13(17)4-3-5-14(15)20(16)7-6-19-8-10-21-11-9-19/h3-5,12H,6-11,17H2,1-2H3. The second-order valence-electron chi connectivity index (χ2n) is 5.95. The van der Waals surface area contributed by atoms with Crippen LogP contribution in [0.2, 0.25) is 0 Å². The van der Waals surface area contributed by atoms with Crippen LogP contribution in [0.3, 0.4) is 0 Å². The van der Waals surface area contributed by atoms with Crippen LogP contribution in [-0.4, -0.2) is 47.3 Å². The number of nitrogen functional groups attached to an aromatic ring is 1. The molecule has 0 aliphatic carbocycles. The first-order valence-electron chi connectivity index (χ1n) is 7.71. The number of nitrogens with zero attached hydrogens (tertiary/aromatic N) is 3. The molecule has 0 bridgehead atoms. The molecule has 1 aliphatic heterocycles. The quantitative estimate of drug-likeness (QED) is 0.875. The van der Waals surface area contributed by atoms with E-state index in [1.54, 1.807) is 0 Å². The highest BCUT2D eigenvalue weighted by atomic mass is 16.5. The van der Waals surface area contributed by atoms with E-state index in [2.05, 4.69) is 29.4 Å². The highest BCUT2D eigenvalue weighted by molar-refractivity contribution is 5.87. The number of imidazole rings is 1. The van der Waals surface area contributed by atoms with E-state index in [-0.39, 0.29) is 0 Å². The summed E-state index contributed by atoms with van der Waals surface area (Å²) in [4.78, 5) is 7.22. The SMILES string of the molecule is CC(C)c1nc2c(N)cccc2n1CCN1CCOCC1. The number of ether oxygens (including phenoxy) is 1. The molecule has 0 unspecified atom stereocenters. The summed E-state index contributed by atoms with van der Waals surface area (Å²) >= 11 is 0. The van der Waals surface area contributed by atoms with Crippen LogP contribution in [0, 0.1) is 0 Å². The third kappa shape index (κ3) is 2.89. The zero-order valence-electron chi connectivity index (χ0n) is 12.9. The van der Waals surface area contributed by atoms with Crippen LogP contribution in [0.4, 0.5) is 5.69 Å². The third-order valence-corrected chi connectivity index (χ3v) is 4.10. The Bertz CT molecular complexity index is 614. The molecule has 0 amide bonds.